The number of pyridine rings is 1. The molecule has 0 fully saturated rings. The summed E-state index contributed by atoms with van der Waals surface area (Å²) < 4.78 is 28.0. The molecule has 0 saturated heterocycles. The smallest absolute Gasteiger partial charge is 0.164 e. The normalized spacial score (nSPS) is 14.3. The van der Waals surface area contributed by atoms with Crippen molar-refractivity contribution in [2.75, 3.05) is 0 Å². The van der Waals surface area contributed by atoms with Crippen LogP contribution in [0.2, 0.25) is 5.15 Å². The Morgan fingerprint density at radius 1 is 1.56 bits per heavy atom. The zero-order chi connectivity index (χ0) is 12.3. The van der Waals surface area contributed by atoms with Crippen molar-refractivity contribution in [3.63, 3.8) is 0 Å². The van der Waals surface area contributed by atoms with Crippen LogP contribution in [0.15, 0.2) is 16.7 Å². The van der Waals surface area contributed by atoms with E-state index in [9.17, 15) is 8.60 Å². The fourth-order valence-corrected chi connectivity index (χ4v) is 1.41. The molecule has 0 radical (unpaired) electrons. The number of rotatable bonds is 2. The van der Waals surface area contributed by atoms with Crippen LogP contribution in [0.1, 0.15) is 26.3 Å². The standard InChI is InChI=1S/C10H12ClFN2OS/c1-10(2,3)16(15)14-6-7-4-8(12)9(11)13-5-7/h4-6H,1-3H3/b14-6+. The molecule has 0 aliphatic rings. The monoisotopic (exact) mass is 262 g/mol. The summed E-state index contributed by atoms with van der Waals surface area (Å²) in [5.74, 6) is -0.618. The minimum Gasteiger partial charge on any atom is -0.241 e. The highest BCUT2D eigenvalue weighted by Crippen LogP contribution is 2.13. The molecular formula is C10H12ClFN2OS. The van der Waals surface area contributed by atoms with Crippen LogP contribution >= 0.6 is 11.6 Å². The van der Waals surface area contributed by atoms with E-state index in [1.807, 2.05) is 0 Å². The largest absolute Gasteiger partial charge is 0.241 e. The Hall–Kier alpha value is -0.810. The van der Waals surface area contributed by atoms with Crippen LogP contribution in [0.4, 0.5) is 4.39 Å². The second kappa shape index (κ2) is 5.01. The predicted molar refractivity (Wildman–Crippen MR) is 64.7 cm³/mol. The molecule has 3 nitrogen and oxygen atoms in total. The van der Waals surface area contributed by atoms with E-state index < -0.39 is 21.5 Å². The van der Waals surface area contributed by atoms with Gasteiger partial charge in [-0.3, -0.25) is 0 Å². The Bertz CT molecular complexity index is 443. The van der Waals surface area contributed by atoms with Crippen molar-refractivity contribution >= 4 is 28.8 Å². The van der Waals surface area contributed by atoms with Crippen LogP contribution in [-0.4, -0.2) is 20.2 Å². The van der Waals surface area contributed by atoms with Gasteiger partial charge < -0.3 is 0 Å². The lowest BCUT2D eigenvalue weighted by Gasteiger charge is -2.12. The van der Waals surface area contributed by atoms with E-state index >= 15 is 0 Å². The maximum Gasteiger partial charge on any atom is 0.164 e. The summed E-state index contributed by atoms with van der Waals surface area (Å²) in [4.78, 5) is 3.62. The van der Waals surface area contributed by atoms with Crippen LogP contribution in [0.5, 0.6) is 0 Å². The van der Waals surface area contributed by atoms with Crippen LogP contribution in [0.25, 0.3) is 0 Å². The van der Waals surface area contributed by atoms with Gasteiger partial charge in [-0.1, -0.05) is 11.6 Å². The van der Waals surface area contributed by atoms with Crippen molar-refractivity contribution in [3.8, 4) is 0 Å². The molecular weight excluding hydrogens is 251 g/mol. The molecule has 1 heterocycles. The summed E-state index contributed by atoms with van der Waals surface area (Å²) >= 11 is 5.43. The highest BCUT2D eigenvalue weighted by Gasteiger charge is 2.18. The maximum absolute atomic E-state index is 13.0. The summed E-state index contributed by atoms with van der Waals surface area (Å²) in [6.45, 7) is 5.42. The molecule has 0 aromatic carbocycles. The van der Waals surface area contributed by atoms with Gasteiger partial charge in [0.1, 0.15) is 11.0 Å². The molecule has 0 spiro atoms. The van der Waals surface area contributed by atoms with Crippen molar-refractivity contribution in [2.24, 2.45) is 4.40 Å². The van der Waals surface area contributed by atoms with Gasteiger partial charge in [0.15, 0.2) is 11.0 Å². The topological polar surface area (TPSA) is 42.3 Å². The molecule has 1 rings (SSSR count). The molecule has 0 aliphatic carbocycles. The number of nitrogens with zero attached hydrogens (tertiary/aromatic N) is 2. The van der Waals surface area contributed by atoms with Crippen molar-refractivity contribution in [1.82, 2.24) is 4.98 Å². The molecule has 1 aromatic heterocycles. The molecule has 6 heteroatoms. The SMILES string of the molecule is CC(C)(C)S(=O)/N=C/c1cnc(Cl)c(F)c1. The van der Waals surface area contributed by atoms with Crippen LogP contribution in [0, 0.1) is 5.82 Å². The number of aromatic nitrogens is 1. The average molecular weight is 263 g/mol. The molecule has 0 aliphatic heterocycles. The second-order valence-electron chi connectivity index (χ2n) is 4.14. The molecule has 16 heavy (non-hydrogen) atoms. The Morgan fingerprint density at radius 2 is 2.19 bits per heavy atom. The Morgan fingerprint density at radius 3 is 2.69 bits per heavy atom. The van der Waals surface area contributed by atoms with Gasteiger partial charge in [0.25, 0.3) is 0 Å². The van der Waals surface area contributed by atoms with Crippen molar-refractivity contribution in [2.45, 2.75) is 25.5 Å². The van der Waals surface area contributed by atoms with E-state index in [0.29, 0.717) is 5.56 Å². The minimum atomic E-state index is -1.36. The quantitative estimate of drug-likeness (QED) is 0.608. The number of halogens is 2. The summed E-state index contributed by atoms with van der Waals surface area (Å²) in [5, 5.41) is -0.186. The Kier molecular flexibility index (Phi) is 4.15. The lowest BCUT2D eigenvalue weighted by Crippen LogP contribution is -2.19. The third-order valence-corrected chi connectivity index (χ3v) is 3.26. The van der Waals surface area contributed by atoms with Gasteiger partial charge in [-0.25, -0.2) is 13.6 Å². The van der Waals surface area contributed by atoms with Crippen LogP contribution in [0.3, 0.4) is 0 Å². The lowest BCUT2D eigenvalue weighted by atomic mass is 10.3. The molecule has 0 bridgehead atoms. The second-order valence-corrected chi connectivity index (χ2v) is 6.43. The summed E-state index contributed by atoms with van der Waals surface area (Å²) in [7, 11) is -1.36. The zero-order valence-corrected chi connectivity index (χ0v) is 10.8. The third kappa shape index (κ3) is 3.64. The predicted octanol–water partition coefficient (Wildman–Crippen LogP) is 2.76. The molecule has 0 amide bonds. The molecule has 1 unspecified atom stereocenters. The average Bonchev–Trinajstić information content (AvgIpc) is 2.18. The maximum atomic E-state index is 13.0. The van der Waals surface area contributed by atoms with E-state index in [2.05, 4.69) is 9.38 Å². The molecule has 0 N–H and O–H groups in total. The molecule has 1 aromatic rings. The van der Waals surface area contributed by atoms with E-state index in [0.717, 1.165) is 0 Å². The Labute approximate surface area is 101 Å². The number of hydrogen-bond donors (Lipinski definition) is 0. The first-order valence-electron chi connectivity index (χ1n) is 4.58. The first kappa shape index (κ1) is 13.3. The van der Waals surface area contributed by atoms with Crippen LogP contribution in [-0.2, 0) is 11.0 Å². The van der Waals surface area contributed by atoms with Gasteiger partial charge >= 0.3 is 0 Å². The number of hydrogen-bond acceptors (Lipinski definition) is 2. The van der Waals surface area contributed by atoms with E-state index in [1.165, 1.54) is 18.5 Å². The summed E-state index contributed by atoms with van der Waals surface area (Å²) in [6.07, 6.45) is 2.70. The first-order chi connectivity index (χ1) is 7.30. The van der Waals surface area contributed by atoms with Gasteiger partial charge in [0, 0.05) is 18.0 Å². The van der Waals surface area contributed by atoms with E-state index in [-0.39, 0.29) is 5.15 Å². The highest BCUT2D eigenvalue weighted by atomic mass is 35.5. The van der Waals surface area contributed by atoms with Gasteiger partial charge in [-0.2, -0.15) is 4.40 Å². The van der Waals surface area contributed by atoms with Crippen molar-refractivity contribution < 1.29 is 8.60 Å². The lowest BCUT2D eigenvalue weighted by molar-refractivity contribution is 0.621. The van der Waals surface area contributed by atoms with Crippen molar-refractivity contribution in [3.05, 3.63) is 28.8 Å². The molecule has 88 valence electrons. The van der Waals surface area contributed by atoms with Gasteiger partial charge in [-0.15, -0.1) is 0 Å². The van der Waals surface area contributed by atoms with Gasteiger partial charge in [0.05, 0.1) is 4.75 Å². The first-order valence-corrected chi connectivity index (χ1v) is 6.06. The summed E-state index contributed by atoms with van der Waals surface area (Å²) in [5.41, 5.74) is 0.430. The minimum absolute atomic E-state index is 0.186. The van der Waals surface area contributed by atoms with Gasteiger partial charge in [-0.05, 0) is 26.8 Å². The summed E-state index contributed by atoms with van der Waals surface area (Å²) in [6, 6.07) is 1.19. The fraction of sp³-hybridized carbons (Fsp3) is 0.400. The van der Waals surface area contributed by atoms with Gasteiger partial charge in [0.2, 0.25) is 0 Å². The highest BCUT2D eigenvalue weighted by molar-refractivity contribution is 7.85. The molecule has 1 atom stereocenters. The zero-order valence-electron chi connectivity index (χ0n) is 9.20. The van der Waals surface area contributed by atoms with E-state index in [1.54, 1.807) is 20.8 Å². The van der Waals surface area contributed by atoms with E-state index in [4.69, 9.17) is 11.6 Å². The molecule has 0 saturated carbocycles. The Balaban J connectivity index is 2.85. The third-order valence-electron chi connectivity index (χ3n) is 1.64. The van der Waals surface area contributed by atoms with Crippen molar-refractivity contribution in [1.29, 1.82) is 0 Å². The van der Waals surface area contributed by atoms with Crippen LogP contribution < -0.4 is 0 Å². The fourth-order valence-electron chi connectivity index (χ4n) is 0.773.